The number of amides is 1. The molecule has 0 unspecified atom stereocenters. The summed E-state index contributed by atoms with van der Waals surface area (Å²) in [7, 11) is -0.271. The van der Waals surface area contributed by atoms with Gasteiger partial charge in [0.15, 0.2) is 5.71 Å². The van der Waals surface area contributed by atoms with Crippen LogP contribution in [0.4, 0.5) is 5.69 Å². The molecule has 2 aromatic rings. The molecule has 0 radical (unpaired) electrons. The van der Waals surface area contributed by atoms with E-state index < -0.39 is 8.07 Å². The highest BCUT2D eigenvalue weighted by Crippen LogP contribution is 2.43. The number of carbonyl (C=O) groups is 1. The van der Waals surface area contributed by atoms with Crippen molar-refractivity contribution in [3.63, 3.8) is 0 Å². The quantitative estimate of drug-likeness (QED) is 0.139. The van der Waals surface area contributed by atoms with E-state index in [0.29, 0.717) is 31.9 Å². The van der Waals surface area contributed by atoms with Crippen LogP contribution in [-0.4, -0.2) is 97.1 Å². The molecule has 2 fully saturated rings. The first-order valence-corrected chi connectivity index (χ1v) is 21.1. The van der Waals surface area contributed by atoms with Crippen molar-refractivity contribution in [1.29, 1.82) is 0 Å². The molecule has 3 aliphatic heterocycles. The van der Waals surface area contributed by atoms with Crippen LogP contribution in [-0.2, 0) is 14.2 Å². The lowest BCUT2D eigenvalue weighted by Crippen LogP contribution is -2.50. The molecule has 3 heterocycles. The molecule has 0 aromatic heterocycles. The van der Waals surface area contributed by atoms with Crippen molar-refractivity contribution in [3.05, 3.63) is 87.6 Å². The average molecular weight is 669 g/mol. The third kappa shape index (κ3) is 7.62. The maximum Gasteiger partial charge on any atom is 0.251 e. The van der Waals surface area contributed by atoms with Gasteiger partial charge in [0, 0.05) is 63.4 Å². The molecule has 1 amide bonds. The normalized spacial score (nSPS) is 17.8. The van der Waals surface area contributed by atoms with E-state index in [1.165, 1.54) is 63.3 Å². The number of rotatable bonds is 16. The predicted molar refractivity (Wildman–Crippen MR) is 199 cm³/mol. The minimum atomic E-state index is -2.02. The molecule has 0 bridgehead atoms. The monoisotopic (exact) mass is 668 g/mol. The van der Waals surface area contributed by atoms with Crippen LogP contribution in [0, 0.1) is 6.92 Å². The van der Waals surface area contributed by atoms with Gasteiger partial charge in [-0.3, -0.25) is 4.79 Å². The summed E-state index contributed by atoms with van der Waals surface area (Å²) in [5.74, 6) is -0.0719. The SMILES string of the molecule is COCCCCCCOCCOCCNC(=O)c1ccc(C)c(C2=C3C=CC(=[N+]4CCC4)C=C3[Si](C)(C)c3cc(N4CCC4)ccc32)c1. The lowest BCUT2D eigenvalue weighted by atomic mass is 9.86. The zero-order valence-electron chi connectivity index (χ0n) is 29.5. The number of methoxy groups -OCH3 is 1. The molecule has 8 heteroatoms. The third-order valence-electron chi connectivity index (χ3n) is 10.4. The van der Waals surface area contributed by atoms with Gasteiger partial charge < -0.3 is 24.4 Å². The van der Waals surface area contributed by atoms with Gasteiger partial charge in [-0.2, -0.15) is 0 Å². The second-order valence-corrected chi connectivity index (χ2v) is 18.4. The number of allylic oxidation sites excluding steroid dienone is 5. The summed E-state index contributed by atoms with van der Waals surface area (Å²) < 4.78 is 19.0. The Bertz CT molecular complexity index is 1610. The Hall–Kier alpha value is -3.30. The van der Waals surface area contributed by atoms with Gasteiger partial charge in [-0.1, -0.05) is 38.1 Å². The zero-order chi connectivity index (χ0) is 33.5. The van der Waals surface area contributed by atoms with Gasteiger partial charge in [-0.05, 0) is 94.7 Å². The van der Waals surface area contributed by atoms with Gasteiger partial charge in [0.2, 0.25) is 0 Å². The number of anilines is 1. The molecule has 256 valence electrons. The van der Waals surface area contributed by atoms with Crippen molar-refractivity contribution in [3.8, 4) is 0 Å². The molecule has 6 rings (SSSR count). The van der Waals surface area contributed by atoms with E-state index in [9.17, 15) is 4.79 Å². The second kappa shape index (κ2) is 15.9. The molecule has 2 saturated heterocycles. The number of nitrogens with zero attached hydrogens (tertiary/aromatic N) is 2. The van der Waals surface area contributed by atoms with E-state index in [1.807, 2.05) is 6.07 Å². The molecule has 0 saturated carbocycles. The topological polar surface area (TPSA) is 63.0 Å². The summed E-state index contributed by atoms with van der Waals surface area (Å²) in [4.78, 5) is 15.9. The number of carbonyl (C=O) groups excluding carboxylic acids is 1. The van der Waals surface area contributed by atoms with Crippen molar-refractivity contribution >= 4 is 36.1 Å². The average Bonchev–Trinajstić information content (AvgIpc) is 3.03. The van der Waals surface area contributed by atoms with Crippen LogP contribution >= 0.6 is 0 Å². The van der Waals surface area contributed by atoms with Gasteiger partial charge in [0.1, 0.15) is 21.2 Å². The van der Waals surface area contributed by atoms with Crippen molar-refractivity contribution in [2.45, 2.75) is 58.5 Å². The standard InChI is InChI=1S/C40H53N3O4Si/c1-30-11-12-31(40(44)41-17-24-47-26-25-46-23-8-6-5-7-22-45-2)27-36(30)39-34-15-13-32(42-18-9-19-42)28-37(34)48(3,4)38-29-33(14-16-35(38)39)43-20-10-21-43/h11-16,27-29H,5-10,17-26H2,1-4H3/p+1. The number of fused-ring (bicyclic) bond motifs is 2. The van der Waals surface area contributed by atoms with Crippen LogP contribution in [0.2, 0.25) is 13.1 Å². The number of hydrogen-bond donors (Lipinski definition) is 1. The predicted octanol–water partition coefficient (Wildman–Crippen LogP) is 5.80. The summed E-state index contributed by atoms with van der Waals surface area (Å²) in [5.41, 5.74) is 9.57. The molecule has 48 heavy (non-hydrogen) atoms. The Kier molecular flexibility index (Phi) is 11.5. The highest BCUT2D eigenvalue weighted by molar-refractivity contribution is 6.98. The maximum absolute atomic E-state index is 13.4. The first-order valence-electron chi connectivity index (χ1n) is 18.1. The molecule has 0 atom stereocenters. The Morgan fingerprint density at radius 1 is 0.875 bits per heavy atom. The molecular formula is C40H54N3O4Si+. The van der Waals surface area contributed by atoms with Crippen LogP contribution < -0.4 is 15.4 Å². The fraction of sp³-hybridized carbons (Fsp3) is 0.500. The van der Waals surface area contributed by atoms with Crippen LogP contribution in [0.5, 0.6) is 0 Å². The Balaban J connectivity index is 1.15. The first-order chi connectivity index (χ1) is 23.4. The summed E-state index contributed by atoms with van der Waals surface area (Å²) in [5, 5.41) is 6.06. The van der Waals surface area contributed by atoms with Gasteiger partial charge in [-0.15, -0.1) is 0 Å². The summed E-state index contributed by atoms with van der Waals surface area (Å²) >= 11 is 0. The molecule has 4 aliphatic rings. The minimum Gasteiger partial charge on any atom is -0.385 e. The second-order valence-electron chi connectivity index (χ2n) is 14.1. The van der Waals surface area contributed by atoms with Crippen molar-refractivity contribution in [2.24, 2.45) is 0 Å². The number of hydrogen-bond acceptors (Lipinski definition) is 5. The van der Waals surface area contributed by atoms with Gasteiger partial charge in [-0.25, -0.2) is 4.58 Å². The fourth-order valence-corrected chi connectivity index (χ4v) is 10.2. The minimum absolute atomic E-state index is 0.0719. The van der Waals surface area contributed by atoms with Crippen LogP contribution in [0.3, 0.4) is 0 Å². The van der Waals surface area contributed by atoms with Gasteiger partial charge in [0.05, 0.1) is 26.2 Å². The van der Waals surface area contributed by atoms with Crippen LogP contribution in [0.25, 0.3) is 5.57 Å². The van der Waals surface area contributed by atoms with Crippen molar-refractivity contribution < 1.29 is 23.6 Å². The summed E-state index contributed by atoms with van der Waals surface area (Å²) in [6.45, 7) is 15.4. The smallest absolute Gasteiger partial charge is 0.251 e. The van der Waals surface area contributed by atoms with Crippen molar-refractivity contribution in [2.75, 3.05) is 77.8 Å². The van der Waals surface area contributed by atoms with Crippen LogP contribution in [0.15, 0.2) is 65.4 Å². The molecule has 2 aromatic carbocycles. The lowest BCUT2D eigenvalue weighted by molar-refractivity contribution is -0.582. The number of ether oxygens (including phenoxy) is 3. The van der Waals surface area contributed by atoms with Gasteiger partial charge >= 0.3 is 0 Å². The largest absolute Gasteiger partial charge is 0.385 e. The van der Waals surface area contributed by atoms with Crippen LogP contribution in [0.1, 0.15) is 65.6 Å². The highest BCUT2D eigenvalue weighted by Gasteiger charge is 2.41. The Labute approximate surface area is 288 Å². The molecule has 1 N–H and O–H groups in total. The molecule has 7 nitrogen and oxygen atoms in total. The Morgan fingerprint density at radius 2 is 1.65 bits per heavy atom. The third-order valence-corrected chi connectivity index (χ3v) is 13.9. The number of nitrogens with one attached hydrogen (secondary N) is 1. The van der Waals surface area contributed by atoms with E-state index >= 15 is 0 Å². The van der Waals surface area contributed by atoms with Gasteiger partial charge in [0.25, 0.3) is 5.91 Å². The molecular weight excluding hydrogens is 615 g/mol. The first kappa shape index (κ1) is 34.6. The van der Waals surface area contributed by atoms with E-state index in [2.05, 4.69) is 83.4 Å². The maximum atomic E-state index is 13.4. The Morgan fingerprint density at radius 3 is 2.35 bits per heavy atom. The molecule has 0 spiro atoms. The van der Waals surface area contributed by atoms with E-state index in [-0.39, 0.29) is 5.91 Å². The number of unbranched alkanes of at least 4 members (excludes halogenated alkanes) is 3. The lowest BCUT2D eigenvalue weighted by Gasteiger charge is -2.40. The van der Waals surface area contributed by atoms with Crippen molar-refractivity contribution in [1.82, 2.24) is 5.32 Å². The zero-order valence-corrected chi connectivity index (χ0v) is 30.5. The summed E-state index contributed by atoms with van der Waals surface area (Å²) in [6.07, 6.45) is 14.2. The van der Waals surface area contributed by atoms with E-state index in [0.717, 1.165) is 64.2 Å². The fourth-order valence-electron chi connectivity index (χ4n) is 7.15. The van der Waals surface area contributed by atoms with E-state index in [1.54, 1.807) is 7.11 Å². The number of aryl methyl sites for hydroxylation is 1. The summed E-state index contributed by atoms with van der Waals surface area (Å²) in [6, 6.07) is 13.3. The molecule has 1 aliphatic carbocycles. The highest BCUT2D eigenvalue weighted by atomic mass is 28.3. The number of benzene rings is 2. The van der Waals surface area contributed by atoms with E-state index in [4.69, 9.17) is 14.2 Å².